The molecule has 1 aliphatic rings. The summed E-state index contributed by atoms with van der Waals surface area (Å²) in [5.41, 5.74) is 2.91. The minimum absolute atomic E-state index is 0.0630. The first-order valence-corrected chi connectivity index (χ1v) is 6.21. The van der Waals surface area contributed by atoms with Gasteiger partial charge in [0.1, 0.15) is 6.04 Å². The van der Waals surface area contributed by atoms with E-state index < -0.39 is 12.0 Å². The van der Waals surface area contributed by atoms with E-state index in [9.17, 15) is 14.7 Å². The Morgan fingerprint density at radius 2 is 2.05 bits per heavy atom. The fourth-order valence-electron chi connectivity index (χ4n) is 2.43. The minimum Gasteiger partial charge on any atom is -0.480 e. The Morgan fingerprint density at radius 3 is 2.63 bits per heavy atom. The van der Waals surface area contributed by atoms with Gasteiger partial charge >= 0.3 is 5.97 Å². The number of carbonyl (C=O) groups excluding carboxylic acids is 1. The third kappa shape index (κ3) is 2.61. The first-order valence-electron chi connectivity index (χ1n) is 6.21. The van der Waals surface area contributed by atoms with Gasteiger partial charge in [-0.1, -0.05) is 17.7 Å². The molecule has 1 aliphatic heterocycles. The lowest BCUT2D eigenvalue weighted by atomic mass is 10.1. The molecule has 1 aromatic rings. The van der Waals surface area contributed by atoms with Gasteiger partial charge in [-0.2, -0.15) is 0 Å². The van der Waals surface area contributed by atoms with Crippen molar-refractivity contribution >= 4 is 17.6 Å². The van der Waals surface area contributed by atoms with Crippen LogP contribution in [-0.2, 0) is 9.59 Å². The highest BCUT2D eigenvalue weighted by molar-refractivity contribution is 5.98. The molecule has 0 saturated carbocycles. The smallest absolute Gasteiger partial charge is 0.322 e. The molecule has 1 heterocycles. The van der Waals surface area contributed by atoms with Crippen LogP contribution in [0.3, 0.4) is 0 Å². The van der Waals surface area contributed by atoms with Gasteiger partial charge in [-0.3, -0.25) is 14.5 Å². The zero-order valence-electron chi connectivity index (χ0n) is 11.4. The predicted octanol–water partition coefficient (Wildman–Crippen LogP) is 1.04. The molecule has 19 heavy (non-hydrogen) atoms. The number of hydrogen-bond acceptors (Lipinski definition) is 3. The number of likely N-dealkylation sites (N-methyl/N-ethyl adjacent to an activating group) is 1. The Bertz CT molecular complexity index is 527. The average Bonchev–Trinajstić information content (AvgIpc) is 2.30. The van der Waals surface area contributed by atoms with E-state index in [0.717, 1.165) is 16.8 Å². The number of benzene rings is 1. The highest BCUT2D eigenvalue weighted by Gasteiger charge is 2.35. The summed E-state index contributed by atoms with van der Waals surface area (Å²) in [6, 6.07) is 5.16. The number of carbonyl (C=O) groups is 2. The maximum absolute atomic E-state index is 12.1. The van der Waals surface area contributed by atoms with Gasteiger partial charge < -0.3 is 10.0 Å². The number of nitrogens with zero attached hydrogens (tertiary/aromatic N) is 2. The standard InChI is InChI=1S/C14H18N2O3/c1-9-4-5-11(10(2)6-9)16-7-12(14(18)19)15(3)8-13(16)17/h4-6,12H,7-8H2,1-3H3,(H,18,19). The largest absolute Gasteiger partial charge is 0.480 e. The SMILES string of the molecule is Cc1ccc(N2CC(C(=O)O)N(C)CC2=O)c(C)c1. The van der Waals surface area contributed by atoms with E-state index in [1.54, 1.807) is 16.8 Å². The highest BCUT2D eigenvalue weighted by atomic mass is 16.4. The molecule has 1 unspecified atom stereocenters. The molecule has 5 nitrogen and oxygen atoms in total. The number of carboxylic acids is 1. The average molecular weight is 262 g/mol. The van der Waals surface area contributed by atoms with Crippen molar-refractivity contribution in [2.45, 2.75) is 19.9 Å². The van der Waals surface area contributed by atoms with Crippen LogP contribution in [0.25, 0.3) is 0 Å². The van der Waals surface area contributed by atoms with Crippen molar-refractivity contribution < 1.29 is 14.7 Å². The second-order valence-electron chi connectivity index (χ2n) is 5.06. The summed E-state index contributed by atoms with van der Waals surface area (Å²) < 4.78 is 0. The van der Waals surface area contributed by atoms with E-state index >= 15 is 0 Å². The van der Waals surface area contributed by atoms with E-state index in [-0.39, 0.29) is 19.0 Å². The second-order valence-corrected chi connectivity index (χ2v) is 5.06. The Labute approximate surface area is 112 Å². The fraction of sp³-hybridized carbons (Fsp3) is 0.429. The summed E-state index contributed by atoms with van der Waals surface area (Å²) >= 11 is 0. The third-order valence-corrected chi connectivity index (χ3v) is 3.50. The molecule has 1 fully saturated rings. The first kappa shape index (κ1) is 13.5. The quantitative estimate of drug-likeness (QED) is 0.865. The van der Waals surface area contributed by atoms with Gasteiger partial charge in [0.25, 0.3) is 0 Å². The third-order valence-electron chi connectivity index (χ3n) is 3.50. The molecule has 0 radical (unpaired) electrons. The monoisotopic (exact) mass is 262 g/mol. The van der Waals surface area contributed by atoms with Gasteiger partial charge in [-0.05, 0) is 32.5 Å². The summed E-state index contributed by atoms with van der Waals surface area (Å²) in [7, 11) is 1.66. The number of carboxylic acid groups (broad SMARTS) is 1. The van der Waals surface area contributed by atoms with Gasteiger partial charge in [-0.25, -0.2) is 0 Å². The van der Waals surface area contributed by atoms with Crippen molar-refractivity contribution in [2.24, 2.45) is 0 Å². The topological polar surface area (TPSA) is 60.9 Å². The molecule has 2 rings (SSSR count). The fourth-order valence-corrected chi connectivity index (χ4v) is 2.43. The van der Waals surface area contributed by atoms with Crippen LogP contribution in [0.15, 0.2) is 18.2 Å². The number of aliphatic carboxylic acids is 1. The number of rotatable bonds is 2. The van der Waals surface area contributed by atoms with E-state index in [1.165, 1.54) is 0 Å². The summed E-state index contributed by atoms with van der Waals surface area (Å²) in [5.74, 6) is -0.961. The van der Waals surface area contributed by atoms with Crippen molar-refractivity contribution in [3.05, 3.63) is 29.3 Å². The first-order chi connectivity index (χ1) is 8.90. The predicted molar refractivity (Wildman–Crippen MR) is 72.3 cm³/mol. The number of piperazine rings is 1. The molecule has 0 spiro atoms. The molecular weight excluding hydrogens is 244 g/mol. The molecule has 102 valence electrons. The Hall–Kier alpha value is -1.88. The normalized spacial score (nSPS) is 20.7. The van der Waals surface area contributed by atoms with Gasteiger partial charge in [0.15, 0.2) is 0 Å². The van der Waals surface area contributed by atoms with Gasteiger partial charge in [-0.15, -0.1) is 0 Å². The maximum Gasteiger partial charge on any atom is 0.322 e. The van der Waals surface area contributed by atoms with Crippen molar-refractivity contribution in [3.63, 3.8) is 0 Å². The summed E-state index contributed by atoms with van der Waals surface area (Å²) in [6.45, 7) is 4.24. The van der Waals surface area contributed by atoms with Crippen LogP contribution in [-0.4, -0.2) is 48.1 Å². The lowest BCUT2D eigenvalue weighted by molar-refractivity contribution is -0.144. The summed E-state index contributed by atoms with van der Waals surface area (Å²) in [6.07, 6.45) is 0. The Morgan fingerprint density at radius 1 is 1.37 bits per heavy atom. The van der Waals surface area contributed by atoms with Crippen LogP contribution in [0.5, 0.6) is 0 Å². The zero-order chi connectivity index (χ0) is 14.2. The van der Waals surface area contributed by atoms with E-state index in [0.29, 0.717) is 0 Å². The van der Waals surface area contributed by atoms with E-state index in [1.807, 2.05) is 32.0 Å². The molecule has 0 aromatic heterocycles. The summed E-state index contributed by atoms with van der Waals surface area (Å²) in [4.78, 5) is 26.5. The summed E-state index contributed by atoms with van der Waals surface area (Å²) in [5, 5.41) is 9.19. The minimum atomic E-state index is -0.898. The highest BCUT2D eigenvalue weighted by Crippen LogP contribution is 2.24. The molecule has 0 aliphatic carbocycles. The zero-order valence-corrected chi connectivity index (χ0v) is 11.4. The van der Waals surface area contributed by atoms with Crippen LogP contribution >= 0.6 is 0 Å². The van der Waals surface area contributed by atoms with Crippen molar-refractivity contribution in [3.8, 4) is 0 Å². The lowest BCUT2D eigenvalue weighted by Gasteiger charge is -2.37. The lowest BCUT2D eigenvalue weighted by Crippen LogP contribution is -2.57. The molecule has 1 saturated heterocycles. The van der Waals surface area contributed by atoms with Crippen LogP contribution in [0.4, 0.5) is 5.69 Å². The van der Waals surface area contributed by atoms with Gasteiger partial charge in [0.05, 0.1) is 13.1 Å². The number of anilines is 1. The molecule has 1 atom stereocenters. The van der Waals surface area contributed by atoms with Crippen LogP contribution < -0.4 is 4.90 Å². The maximum atomic E-state index is 12.1. The van der Waals surface area contributed by atoms with Crippen molar-refractivity contribution in [1.29, 1.82) is 0 Å². The molecule has 5 heteroatoms. The molecule has 1 N–H and O–H groups in total. The number of hydrogen-bond donors (Lipinski definition) is 1. The van der Waals surface area contributed by atoms with Crippen LogP contribution in [0, 0.1) is 13.8 Å². The van der Waals surface area contributed by atoms with Crippen molar-refractivity contribution in [1.82, 2.24) is 4.90 Å². The van der Waals surface area contributed by atoms with Gasteiger partial charge in [0, 0.05) is 5.69 Å². The molecule has 1 aromatic carbocycles. The van der Waals surface area contributed by atoms with E-state index in [2.05, 4.69) is 0 Å². The van der Waals surface area contributed by atoms with Crippen LogP contribution in [0.2, 0.25) is 0 Å². The molecular formula is C14H18N2O3. The second kappa shape index (κ2) is 5.01. The number of amides is 1. The van der Waals surface area contributed by atoms with Gasteiger partial charge in [0.2, 0.25) is 5.91 Å². The number of aryl methyl sites for hydroxylation is 2. The van der Waals surface area contributed by atoms with E-state index in [4.69, 9.17) is 0 Å². The Kier molecular flexibility index (Phi) is 3.57. The molecule has 1 amide bonds. The van der Waals surface area contributed by atoms with Crippen molar-refractivity contribution in [2.75, 3.05) is 25.0 Å². The Balaban J connectivity index is 2.32. The van der Waals surface area contributed by atoms with Crippen LogP contribution in [0.1, 0.15) is 11.1 Å². The molecule has 0 bridgehead atoms.